The van der Waals surface area contributed by atoms with Crippen molar-refractivity contribution >= 4 is 16.3 Å². The van der Waals surface area contributed by atoms with Gasteiger partial charge in [-0.3, -0.25) is 0 Å². The fourth-order valence-corrected chi connectivity index (χ4v) is 2.45. The molecule has 0 spiro atoms. The molecule has 5 nitrogen and oxygen atoms in total. The normalized spacial score (nSPS) is 13.8. The molecule has 0 amide bonds. The molecule has 88 valence electrons. The van der Waals surface area contributed by atoms with Crippen molar-refractivity contribution in [3.8, 4) is 0 Å². The van der Waals surface area contributed by atoms with Crippen molar-refractivity contribution in [3.05, 3.63) is 10.8 Å². The van der Waals surface area contributed by atoms with Crippen LogP contribution in [0.15, 0.2) is 0 Å². The van der Waals surface area contributed by atoms with Crippen LogP contribution in [0.4, 0.5) is 0 Å². The highest BCUT2D eigenvalue weighted by Crippen LogP contribution is 2.22. The average Bonchev–Trinajstić information content (AvgIpc) is 2.74. The van der Waals surface area contributed by atoms with E-state index in [0.717, 1.165) is 22.3 Å². The highest BCUT2D eigenvalue weighted by molar-refractivity contribution is 7.16. The van der Waals surface area contributed by atoms with Crippen LogP contribution in [-0.2, 0) is 0 Å². The van der Waals surface area contributed by atoms with Gasteiger partial charge in [0.15, 0.2) is 5.82 Å². The molecular weight excluding hydrogens is 222 g/mol. The minimum Gasteiger partial charge on any atom is -0.308 e. The first-order valence-electron chi connectivity index (χ1n) is 5.59. The van der Waals surface area contributed by atoms with Crippen molar-refractivity contribution < 1.29 is 0 Å². The lowest BCUT2D eigenvalue weighted by atomic mass is 10.2. The maximum Gasteiger partial charge on any atom is 0.234 e. The lowest BCUT2D eigenvalue weighted by Crippen LogP contribution is -2.17. The van der Waals surface area contributed by atoms with Gasteiger partial charge in [-0.25, -0.2) is 0 Å². The van der Waals surface area contributed by atoms with Gasteiger partial charge in [-0.1, -0.05) is 32.1 Å². The standard InChI is InChI=1S/C10H17N5S/c1-5-11-7(4)9-14-15-8(6(2)3)12-13-10(15)16-9/h6-7,11H,5H2,1-4H3. The molecule has 0 aromatic carbocycles. The Labute approximate surface area is 98.9 Å². The summed E-state index contributed by atoms with van der Waals surface area (Å²) in [7, 11) is 0. The molecular formula is C10H17N5S. The number of hydrogen-bond donors (Lipinski definition) is 1. The van der Waals surface area contributed by atoms with E-state index in [4.69, 9.17) is 0 Å². The molecule has 16 heavy (non-hydrogen) atoms. The molecule has 0 fully saturated rings. The molecule has 2 aromatic heterocycles. The number of hydrogen-bond acceptors (Lipinski definition) is 5. The van der Waals surface area contributed by atoms with Crippen LogP contribution in [0.25, 0.3) is 4.96 Å². The minimum absolute atomic E-state index is 0.275. The Balaban J connectivity index is 2.37. The van der Waals surface area contributed by atoms with Gasteiger partial charge in [-0.15, -0.1) is 10.2 Å². The van der Waals surface area contributed by atoms with E-state index >= 15 is 0 Å². The van der Waals surface area contributed by atoms with E-state index < -0.39 is 0 Å². The maximum atomic E-state index is 4.56. The van der Waals surface area contributed by atoms with Crippen molar-refractivity contribution in [1.82, 2.24) is 25.1 Å². The fourth-order valence-electron chi connectivity index (χ4n) is 1.58. The second-order valence-electron chi connectivity index (χ2n) is 4.13. The Hall–Kier alpha value is -1.01. The van der Waals surface area contributed by atoms with Crippen LogP contribution in [0.5, 0.6) is 0 Å². The van der Waals surface area contributed by atoms with E-state index in [-0.39, 0.29) is 6.04 Å². The van der Waals surface area contributed by atoms with Crippen LogP contribution in [0.2, 0.25) is 0 Å². The molecule has 0 saturated carbocycles. The molecule has 6 heteroatoms. The van der Waals surface area contributed by atoms with Gasteiger partial charge in [-0.2, -0.15) is 9.61 Å². The van der Waals surface area contributed by atoms with Gasteiger partial charge in [-0.05, 0) is 13.5 Å². The van der Waals surface area contributed by atoms with Crippen LogP contribution in [0.1, 0.15) is 50.5 Å². The van der Waals surface area contributed by atoms with E-state index in [0.29, 0.717) is 5.92 Å². The summed E-state index contributed by atoms with van der Waals surface area (Å²) >= 11 is 1.60. The molecule has 0 aliphatic rings. The average molecular weight is 239 g/mol. The topological polar surface area (TPSA) is 55.1 Å². The second-order valence-corrected chi connectivity index (χ2v) is 5.11. The third kappa shape index (κ3) is 1.94. The Morgan fingerprint density at radius 1 is 1.31 bits per heavy atom. The SMILES string of the molecule is CCNC(C)c1nn2c(C(C)C)nnc2s1. The van der Waals surface area contributed by atoms with E-state index in [1.807, 2.05) is 4.52 Å². The van der Waals surface area contributed by atoms with Crippen LogP contribution < -0.4 is 5.32 Å². The quantitative estimate of drug-likeness (QED) is 0.886. The van der Waals surface area contributed by atoms with Gasteiger partial charge >= 0.3 is 0 Å². The number of nitrogens with zero attached hydrogens (tertiary/aromatic N) is 4. The number of rotatable bonds is 4. The summed E-state index contributed by atoms with van der Waals surface area (Å²) in [6.07, 6.45) is 0. The van der Waals surface area contributed by atoms with E-state index in [9.17, 15) is 0 Å². The monoisotopic (exact) mass is 239 g/mol. The lowest BCUT2D eigenvalue weighted by molar-refractivity contribution is 0.582. The van der Waals surface area contributed by atoms with Gasteiger partial charge < -0.3 is 5.32 Å². The highest BCUT2D eigenvalue weighted by atomic mass is 32.1. The number of aromatic nitrogens is 4. The summed E-state index contributed by atoms with van der Waals surface area (Å²) in [5.41, 5.74) is 0. The van der Waals surface area contributed by atoms with Crippen molar-refractivity contribution in [3.63, 3.8) is 0 Å². The highest BCUT2D eigenvalue weighted by Gasteiger charge is 2.16. The third-order valence-electron chi connectivity index (χ3n) is 2.43. The Kier molecular flexibility index (Phi) is 3.20. The second kappa shape index (κ2) is 4.47. The fraction of sp³-hybridized carbons (Fsp3) is 0.700. The first kappa shape index (κ1) is 11.5. The van der Waals surface area contributed by atoms with Crippen LogP contribution in [-0.4, -0.2) is 26.4 Å². The Bertz CT molecular complexity index is 472. The van der Waals surface area contributed by atoms with E-state index in [2.05, 4.69) is 48.3 Å². The zero-order chi connectivity index (χ0) is 11.7. The van der Waals surface area contributed by atoms with Gasteiger partial charge in [0.25, 0.3) is 0 Å². The maximum absolute atomic E-state index is 4.56. The molecule has 0 radical (unpaired) electrons. The van der Waals surface area contributed by atoms with Crippen LogP contribution in [0, 0.1) is 0 Å². The molecule has 2 rings (SSSR count). The summed E-state index contributed by atoms with van der Waals surface area (Å²) in [4.78, 5) is 0.878. The van der Waals surface area contributed by atoms with Crippen molar-refractivity contribution in [2.45, 2.75) is 39.7 Å². The molecule has 0 aliphatic heterocycles. The molecule has 1 atom stereocenters. The summed E-state index contributed by atoms with van der Waals surface area (Å²) in [6, 6.07) is 0.275. The summed E-state index contributed by atoms with van der Waals surface area (Å²) in [6.45, 7) is 9.35. The predicted octanol–water partition coefficient (Wildman–Crippen LogP) is 1.98. The first-order valence-corrected chi connectivity index (χ1v) is 6.40. The molecule has 0 bridgehead atoms. The summed E-state index contributed by atoms with van der Waals surface area (Å²) in [5.74, 6) is 1.28. The predicted molar refractivity (Wildman–Crippen MR) is 64.8 cm³/mol. The minimum atomic E-state index is 0.275. The van der Waals surface area contributed by atoms with Gasteiger partial charge in [0, 0.05) is 5.92 Å². The zero-order valence-electron chi connectivity index (χ0n) is 10.1. The Morgan fingerprint density at radius 3 is 2.69 bits per heavy atom. The van der Waals surface area contributed by atoms with Crippen molar-refractivity contribution in [2.24, 2.45) is 0 Å². The van der Waals surface area contributed by atoms with Gasteiger partial charge in [0.05, 0.1) is 6.04 Å². The largest absolute Gasteiger partial charge is 0.308 e. The van der Waals surface area contributed by atoms with Crippen LogP contribution >= 0.6 is 11.3 Å². The molecule has 2 heterocycles. The van der Waals surface area contributed by atoms with Crippen molar-refractivity contribution in [1.29, 1.82) is 0 Å². The van der Waals surface area contributed by atoms with E-state index in [1.165, 1.54) is 0 Å². The Morgan fingerprint density at radius 2 is 2.06 bits per heavy atom. The first-order chi connectivity index (χ1) is 7.63. The molecule has 0 saturated heterocycles. The smallest absolute Gasteiger partial charge is 0.234 e. The summed E-state index contributed by atoms with van der Waals surface area (Å²) < 4.78 is 1.86. The van der Waals surface area contributed by atoms with Gasteiger partial charge in [0.2, 0.25) is 4.96 Å². The lowest BCUT2D eigenvalue weighted by Gasteiger charge is -2.07. The summed E-state index contributed by atoms with van der Waals surface area (Å²) in [5, 5.41) is 17.3. The van der Waals surface area contributed by atoms with Crippen LogP contribution in [0.3, 0.4) is 0 Å². The number of fused-ring (bicyclic) bond motifs is 1. The van der Waals surface area contributed by atoms with Gasteiger partial charge in [0.1, 0.15) is 5.01 Å². The molecule has 1 unspecified atom stereocenters. The van der Waals surface area contributed by atoms with E-state index in [1.54, 1.807) is 11.3 Å². The van der Waals surface area contributed by atoms with Crippen molar-refractivity contribution in [2.75, 3.05) is 6.54 Å². The molecule has 2 aromatic rings. The number of nitrogens with one attached hydrogen (secondary N) is 1. The third-order valence-corrected chi connectivity index (χ3v) is 3.51. The zero-order valence-corrected chi connectivity index (χ0v) is 10.9. The molecule has 0 aliphatic carbocycles. The molecule has 1 N–H and O–H groups in total.